The van der Waals surface area contributed by atoms with Gasteiger partial charge in [-0.25, -0.2) is 0 Å². The summed E-state index contributed by atoms with van der Waals surface area (Å²) in [5.41, 5.74) is 2.34. The number of ether oxygens (including phenoxy) is 1. The molecule has 0 saturated heterocycles. The highest BCUT2D eigenvalue weighted by atomic mass is 16.6. The monoisotopic (exact) mass is 280 g/mol. The molecule has 0 heterocycles. The van der Waals surface area contributed by atoms with Crippen molar-refractivity contribution in [2.24, 2.45) is 5.16 Å². The number of benzene rings is 2. The van der Waals surface area contributed by atoms with Crippen LogP contribution >= 0.6 is 0 Å². The Hall–Kier alpha value is -2.80. The van der Waals surface area contributed by atoms with E-state index in [2.05, 4.69) is 11.2 Å². The van der Waals surface area contributed by atoms with E-state index in [1.807, 2.05) is 44.2 Å². The minimum absolute atomic E-state index is 0.428. The van der Waals surface area contributed by atoms with Crippen LogP contribution in [0, 0.1) is 11.3 Å². The highest BCUT2D eigenvalue weighted by Crippen LogP contribution is 2.29. The summed E-state index contributed by atoms with van der Waals surface area (Å²) in [6, 6.07) is 16.9. The van der Waals surface area contributed by atoms with E-state index < -0.39 is 0 Å². The molecular formula is C17H16N2O2. The Morgan fingerprint density at radius 3 is 2.52 bits per heavy atom. The molecule has 0 aliphatic carbocycles. The molecule has 0 spiro atoms. The van der Waals surface area contributed by atoms with Gasteiger partial charge in [-0.15, -0.1) is 0 Å². The van der Waals surface area contributed by atoms with E-state index in [1.54, 1.807) is 18.2 Å². The quantitative estimate of drug-likeness (QED) is 0.616. The number of oxime groups is 1. The van der Waals surface area contributed by atoms with Crippen LogP contribution in [0.3, 0.4) is 0 Å². The van der Waals surface area contributed by atoms with Crippen LogP contribution in [-0.2, 0) is 6.61 Å². The molecule has 4 heteroatoms. The number of rotatable bonds is 5. The predicted molar refractivity (Wildman–Crippen MR) is 81.3 cm³/mol. The summed E-state index contributed by atoms with van der Waals surface area (Å²) in [5, 5.41) is 12.9. The Labute approximate surface area is 124 Å². The molecule has 0 unspecified atom stereocenters. The van der Waals surface area contributed by atoms with Gasteiger partial charge in [0.05, 0.1) is 17.3 Å². The zero-order chi connectivity index (χ0) is 15.1. The van der Waals surface area contributed by atoms with Gasteiger partial charge in [-0.2, -0.15) is 5.26 Å². The van der Waals surface area contributed by atoms with Crippen molar-refractivity contribution in [3.05, 3.63) is 59.7 Å². The van der Waals surface area contributed by atoms with E-state index in [-0.39, 0.29) is 0 Å². The fourth-order valence-corrected chi connectivity index (χ4v) is 1.64. The van der Waals surface area contributed by atoms with E-state index in [0.717, 1.165) is 11.3 Å². The lowest BCUT2D eigenvalue weighted by molar-refractivity contribution is 0.269. The molecule has 0 bridgehead atoms. The first-order chi connectivity index (χ1) is 10.2. The van der Waals surface area contributed by atoms with Crippen molar-refractivity contribution in [2.75, 3.05) is 0 Å². The number of nitrogens with zero attached hydrogens (tertiary/aromatic N) is 2. The summed E-state index contributed by atoms with van der Waals surface area (Å²) in [4.78, 5) is 5.34. The van der Waals surface area contributed by atoms with Crippen LogP contribution in [0.2, 0.25) is 0 Å². The molecule has 4 nitrogen and oxygen atoms in total. The standard InChI is InChI=1S/C17H16N2O2/c1-13(2)19-21-17-10-15(11-18)8-9-16(17)20-12-14-6-4-3-5-7-14/h3-10H,12H2,1-2H3. The van der Waals surface area contributed by atoms with Crippen molar-refractivity contribution in [3.8, 4) is 17.6 Å². The topological polar surface area (TPSA) is 54.6 Å². The molecule has 21 heavy (non-hydrogen) atoms. The molecule has 0 aromatic heterocycles. The lowest BCUT2D eigenvalue weighted by Gasteiger charge is -2.10. The second-order valence-corrected chi connectivity index (χ2v) is 4.68. The first kappa shape index (κ1) is 14.6. The van der Waals surface area contributed by atoms with Crippen LogP contribution in [0.5, 0.6) is 11.5 Å². The molecule has 0 N–H and O–H groups in total. The zero-order valence-corrected chi connectivity index (χ0v) is 12.0. The van der Waals surface area contributed by atoms with Crippen molar-refractivity contribution >= 4 is 5.71 Å². The van der Waals surface area contributed by atoms with Crippen LogP contribution in [0.1, 0.15) is 25.0 Å². The van der Waals surface area contributed by atoms with Gasteiger partial charge in [0.1, 0.15) is 6.61 Å². The third-order valence-electron chi connectivity index (χ3n) is 2.64. The molecule has 0 atom stereocenters. The maximum Gasteiger partial charge on any atom is 0.201 e. The minimum Gasteiger partial charge on any atom is -0.485 e. The highest BCUT2D eigenvalue weighted by Gasteiger charge is 2.08. The minimum atomic E-state index is 0.428. The average Bonchev–Trinajstić information content (AvgIpc) is 2.52. The number of nitriles is 1. The zero-order valence-electron chi connectivity index (χ0n) is 12.0. The maximum atomic E-state index is 8.96. The fourth-order valence-electron chi connectivity index (χ4n) is 1.64. The molecule has 106 valence electrons. The molecule has 2 aromatic carbocycles. The summed E-state index contributed by atoms with van der Waals surface area (Å²) < 4.78 is 5.75. The fraction of sp³-hybridized carbons (Fsp3) is 0.176. The smallest absolute Gasteiger partial charge is 0.201 e. The molecule has 2 aromatic rings. The average molecular weight is 280 g/mol. The van der Waals surface area contributed by atoms with Crippen molar-refractivity contribution in [1.29, 1.82) is 5.26 Å². The van der Waals surface area contributed by atoms with Gasteiger partial charge in [0.25, 0.3) is 0 Å². The van der Waals surface area contributed by atoms with Crippen LogP contribution < -0.4 is 9.57 Å². The molecule has 0 aliphatic heterocycles. The normalized spacial score (nSPS) is 9.57. The van der Waals surface area contributed by atoms with Crippen molar-refractivity contribution in [3.63, 3.8) is 0 Å². The van der Waals surface area contributed by atoms with Crippen LogP contribution in [0.15, 0.2) is 53.7 Å². The van der Waals surface area contributed by atoms with Gasteiger partial charge in [0.2, 0.25) is 5.75 Å². The van der Waals surface area contributed by atoms with E-state index in [4.69, 9.17) is 14.8 Å². The van der Waals surface area contributed by atoms with Crippen LogP contribution in [-0.4, -0.2) is 5.71 Å². The third-order valence-corrected chi connectivity index (χ3v) is 2.64. The Bertz CT molecular complexity index is 669. The Kier molecular flexibility index (Phi) is 4.94. The van der Waals surface area contributed by atoms with E-state index in [0.29, 0.717) is 23.7 Å². The van der Waals surface area contributed by atoms with Crippen molar-refractivity contribution < 1.29 is 9.57 Å². The SMILES string of the molecule is CC(C)=NOc1cc(C#N)ccc1OCc1ccccc1. The third kappa shape index (κ3) is 4.36. The molecule has 0 saturated carbocycles. The van der Waals surface area contributed by atoms with Gasteiger partial charge in [0.15, 0.2) is 5.75 Å². The predicted octanol–water partition coefficient (Wildman–Crippen LogP) is 3.91. The van der Waals surface area contributed by atoms with E-state index >= 15 is 0 Å². The lowest BCUT2D eigenvalue weighted by atomic mass is 10.2. The van der Waals surface area contributed by atoms with Gasteiger partial charge in [-0.3, -0.25) is 0 Å². The van der Waals surface area contributed by atoms with E-state index in [9.17, 15) is 0 Å². The molecule has 0 fully saturated rings. The summed E-state index contributed by atoms with van der Waals surface area (Å²) in [5.74, 6) is 0.994. The summed E-state index contributed by atoms with van der Waals surface area (Å²) >= 11 is 0. The van der Waals surface area contributed by atoms with E-state index in [1.165, 1.54) is 0 Å². The van der Waals surface area contributed by atoms with Crippen molar-refractivity contribution in [1.82, 2.24) is 0 Å². The molecule has 2 rings (SSSR count). The second-order valence-electron chi connectivity index (χ2n) is 4.68. The molecule has 0 radical (unpaired) electrons. The Morgan fingerprint density at radius 2 is 1.86 bits per heavy atom. The summed E-state index contributed by atoms with van der Waals surface area (Å²) in [7, 11) is 0. The van der Waals surface area contributed by atoms with Gasteiger partial charge in [0, 0.05) is 6.07 Å². The van der Waals surface area contributed by atoms with Crippen LogP contribution in [0.25, 0.3) is 0 Å². The molecular weight excluding hydrogens is 264 g/mol. The first-order valence-corrected chi connectivity index (χ1v) is 6.58. The van der Waals surface area contributed by atoms with Gasteiger partial charge >= 0.3 is 0 Å². The van der Waals surface area contributed by atoms with Crippen LogP contribution in [0.4, 0.5) is 0 Å². The number of hydrogen-bond acceptors (Lipinski definition) is 4. The van der Waals surface area contributed by atoms with Crippen molar-refractivity contribution in [2.45, 2.75) is 20.5 Å². The summed E-state index contributed by atoms with van der Waals surface area (Å²) in [6.07, 6.45) is 0. The van der Waals surface area contributed by atoms with Gasteiger partial charge in [-0.1, -0.05) is 35.5 Å². The highest BCUT2D eigenvalue weighted by molar-refractivity contribution is 5.78. The lowest BCUT2D eigenvalue weighted by Crippen LogP contribution is -1.98. The maximum absolute atomic E-state index is 8.96. The second kappa shape index (κ2) is 7.11. The first-order valence-electron chi connectivity index (χ1n) is 6.58. The van der Waals surface area contributed by atoms with Gasteiger partial charge < -0.3 is 9.57 Å². The summed E-state index contributed by atoms with van der Waals surface area (Å²) in [6.45, 7) is 4.09. The molecule has 0 aliphatic rings. The Morgan fingerprint density at radius 1 is 1.10 bits per heavy atom. The van der Waals surface area contributed by atoms with Gasteiger partial charge in [-0.05, 0) is 31.5 Å². The Balaban J connectivity index is 2.17. The largest absolute Gasteiger partial charge is 0.485 e. The molecule has 0 amide bonds. The number of hydrogen-bond donors (Lipinski definition) is 0.